The molecule has 0 aromatic heterocycles. The first-order chi connectivity index (χ1) is 6.27. The number of aliphatic hydroxyl groups is 1. The monoisotopic (exact) mass is 208 g/mol. The minimum atomic E-state index is -1.12. The fourth-order valence-electron chi connectivity index (χ4n) is 1.08. The number of allylic oxidation sites excluding steroid dienone is 1. The van der Waals surface area contributed by atoms with Gasteiger partial charge in [0, 0.05) is 6.61 Å². The number of rotatable bonds is 8. The normalized spacial score (nSPS) is 10.1. The maximum Gasteiger partial charge on any atom is 1.00 e. The van der Waals surface area contributed by atoms with Gasteiger partial charge in [-0.15, -0.1) is 0 Å². The maximum atomic E-state index is 9.95. The number of hydrogen-bond acceptors (Lipinski definition) is 3. The molecule has 0 bridgehead atoms. The summed E-state index contributed by atoms with van der Waals surface area (Å²) < 4.78 is 0. The van der Waals surface area contributed by atoms with E-state index in [9.17, 15) is 9.90 Å². The van der Waals surface area contributed by atoms with Gasteiger partial charge in [-0.2, -0.15) is 0 Å². The zero-order valence-electron chi connectivity index (χ0n) is 8.87. The van der Waals surface area contributed by atoms with Crippen molar-refractivity contribution in [2.75, 3.05) is 6.61 Å². The van der Waals surface area contributed by atoms with Gasteiger partial charge in [0.05, 0.1) is 5.97 Å². The van der Waals surface area contributed by atoms with E-state index in [-0.39, 0.29) is 36.2 Å². The molecule has 0 aromatic carbocycles. The zero-order valence-corrected chi connectivity index (χ0v) is 10.9. The molecule has 0 aliphatic rings. The van der Waals surface area contributed by atoms with Gasteiger partial charge >= 0.3 is 29.6 Å². The van der Waals surface area contributed by atoms with Crippen LogP contribution < -0.4 is 34.7 Å². The van der Waals surface area contributed by atoms with Crippen molar-refractivity contribution in [1.82, 2.24) is 0 Å². The first-order valence-electron chi connectivity index (χ1n) is 4.75. The average molecular weight is 208 g/mol. The summed E-state index contributed by atoms with van der Waals surface area (Å²) in [5.41, 5.74) is 0. The van der Waals surface area contributed by atoms with Crippen molar-refractivity contribution in [2.24, 2.45) is 0 Å². The Hall–Kier alpha value is 0.170. The number of aliphatic carboxylic acids is 1. The van der Waals surface area contributed by atoms with Crippen LogP contribution in [-0.4, -0.2) is 17.7 Å². The summed E-state index contributed by atoms with van der Waals surface area (Å²) >= 11 is 0. The molecule has 0 amide bonds. The van der Waals surface area contributed by atoms with Crippen LogP contribution in [0.4, 0.5) is 0 Å². The van der Waals surface area contributed by atoms with Crippen molar-refractivity contribution in [3.8, 4) is 0 Å². The minimum Gasteiger partial charge on any atom is -0.545 e. The van der Waals surface area contributed by atoms with E-state index in [2.05, 4.69) is 0 Å². The fourth-order valence-corrected chi connectivity index (χ4v) is 1.08. The Morgan fingerprint density at radius 3 is 2.29 bits per heavy atom. The second-order valence-corrected chi connectivity index (χ2v) is 3.00. The van der Waals surface area contributed by atoms with Crippen LogP contribution in [0.15, 0.2) is 12.2 Å². The first kappa shape index (κ1) is 16.6. The summed E-state index contributed by atoms with van der Waals surface area (Å²) in [7, 11) is 0. The molecular formula is C10H17NaO3. The standard InChI is InChI=1S/C10H18O3.Na/c11-9-7-5-3-1-2-4-6-8-10(12)13;/h6,8,11H,1-5,7,9H2,(H,12,13);/q;+1/p-1. The van der Waals surface area contributed by atoms with Gasteiger partial charge < -0.3 is 15.0 Å². The topological polar surface area (TPSA) is 60.4 Å². The van der Waals surface area contributed by atoms with E-state index in [1.807, 2.05) is 0 Å². The third-order valence-electron chi connectivity index (χ3n) is 1.78. The number of hydrogen-bond donors (Lipinski definition) is 1. The van der Waals surface area contributed by atoms with Gasteiger partial charge in [0.2, 0.25) is 0 Å². The Morgan fingerprint density at radius 2 is 1.71 bits per heavy atom. The predicted octanol–water partition coefficient (Wildman–Crippen LogP) is -2.37. The van der Waals surface area contributed by atoms with Crippen molar-refractivity contribution in [3.63, 3.8) is 0 Å². The van der Waals surface area contributed by atoms with E-state index in [0.717, 1.165) is 44.6 Å². The van der Waals surface area contributed by atoms with Crippen LogP contribution in [0.3, 0.4) is 0 Å². The van der Waals surface area contributed by atoms with Gasteiger partial charge in [0.15, 0.2) is 0 Å². The van der Waals surface area contributed by atoms with Gasteiger partial charge in [0.25, 0.3) is 0 Å². The molecular weight excluding hydrogens is 191 g/mol. The summed E-state index contributed by atoms with van der Waals surface area (Å²) in [4.78, 5) is 9.95. The molecule has 0 rings (SSSR count). The summed E-state index contributed by atoms with van der Waals surface area (Å²) in [5, 5.41) is 18.4. The second-order valence-electron chi connectivity index (χ2n) is 3.00. The molecule has 0 atom stereocenters. The summed E-state index contributed by atoms with van der Waals surface area (Å²) in [6.07, 6.45) is 8.64. The van der Waals surface area contributed by atoms with E-state index >= 15 is 0 Å². The summed E-state index contributed by atoms with van der Waals surface area (Å²) in [5.74, 6) is -1.12. The zero-order chi connectivity index (χ0) is 9.94. The Labute approximate surface area is 107 Å². The number of carbonyl (C=O) groups is 1. The Morgan fingerprint density at radius 1 is 1.14 bits per heavy atom. The Kier molecular flexibility index (Phi) is 15.6. The Bertz CT molecular complexity index is 157. The molecule has 0 heterocycles. The van der Waals surface area contributed by atoms with Crippen LogP contribution in [0.25, 0.3) is 0 Å². The summed E-state index contributed by atoms with van der Waals surface area (Å²) in [6, 6.07) is 0. The molecule has 0 fully saturated rings. The molecule has 14 heavy (non-hydrogen) atoms. The molecule has 0 aromatic rings. The third-order valence-corrected chi connectivity index (χ3v) is 1.78. The molecule has 3 nitrogen and oxygen atoms in total. The van der Waals surface area contributed by atoms with E-state index in [1.165, 1.54) is 0 Å². The van der Waals surface area contributed by atoms with Gasteiger partial charge in [-0.3, -0.25) is 0 Å². The number of carboxylic acids is 1. The number of unbranched alkanes of at least 4 members (excludes halogenated alkanes) is 5. The minimum absolute atomic E-state index is 0. The predicted molar refractivity (Wildman–Crippen MR) is 48.9 cm³/mol. The summed E-state index contributed by atoms with van der Waals surface area (Å²) in [6.45, 7) is 0.268. The van der Waals surface area contributed by atoms with Gasteiger partial charge in [0.1, 0.15) is 0 Å². The Balaban J connectivity index is 0. The largest absolute Gasteiger partial charge is 1.00 e. The van der Waals surface area contributed by atoms with Crippen molar-refractivity contribution in [3.05, 3.63) is 12.2 Å². The molecule has 4 heteroatoms. The van der Waals surface area contributed by atoms with Crippen LogP contribution in [0.5, 0.6) is 0 Å². The molecule has 0 unspecified atom stereocenters. The second kappa shape index (κ2) is 13.2. The molecule has 1 N–H and O–H groups in total. The molecule has 0 aliphatic carbocycles. The van der Waals surface area contributed by atoms with Gasteiger partial charge in [-0.25, -0.2) is 0 Å². The van der Waals surface area contributed by atoms with Crippen LogP contribution in [-0.2, 0) is 4.79 Å². The average Bonchev–Trinajstić information content (AvgIpc) is 2.09. The van der Waals surface area contributed by atoms with E-state index < -0.39 is 5.97 Å². The molecule has 0 saturated carbocycles. The maximum absolute atomic E-state index is 9.95. The van der Waals surface area contributed by atoms with Crippen LogP contribution in [0.2, 0.25) is 0 Å². The van der Waals surface area contributed by atoms with E-state index in [1.54, 1.807) is 6.08 Å². The number of carbonyl (C=O) groups excluding carboxylic acids is 1. The van der Waals surface area contributed by atoms with Gasteiger partial charge in [-0.1, -0.05) is 25.3 Å². The molecule has 0 spiro atoms. The van der Waals surface area contributed by atoms with Crippen molar-refractivity contribution >= 4 is 5.97 Å². The molecule has 0 radical (unpaired) electrons. The number of aliphatic hydroxyl groups excluding tert-OH is 1. The van der Waals surface area contributed by atoms with Crippen LogP contribution in [0.1, 0.15) is 38.5 Å². The van der Waals surface area contributed by atoms with Crippen LogP contribution >= 0.6 is 0 Å². The SMILES string of the molecule is O=C([O-])C=CCCCCCCCO.[Na+]. The van der Waals surface area contributed by atoms with Crippen molar-refractivity contribution in [2.45, 2.75) is 38.5 Å². The molecule has 76 valence electrons. The third kappa shape index (κ3) is 14.7. The van der Waals surface area contributed by atoms with Gasteiger partial charge in [-0.05, 0) is 25.3 Å². The van der Waals surface area contributed by atoms with Crippen molar-refractivity contribution in [1.29, 1.82) is 0 Å². The molecule has 0 aliphatic heterocycles. The fraction of sp³-hybridized carbons (Fsp3) is 0.700. The smallest absolute Gasteiger partial charge is 0.545 e. The van der Waals surface area contributed by atoms with Crippen molar-refractivity contribution < 1.29 is 44.6 Å². The van der Waals surface area contributed by atoms with E-state index in [0.29, 0.717) is 0 Å². The number of carboxylic acid groups (broad SMARTS) is 1. The quantitative estimate of drug-likeness (QED) is 0.275. The first-order valence-corrected chi connectivity index (χ1v) is 4.75. The van der Waals surface area contributed by atoms with Crippen LogP contribution in [0, 0.1) is 0 Å². The molecule has 0 saturated heterocycles. The van der Waals surface area contributed by atoms with E-state index in [4.69, 9.17) is 5.11 Å².